The third-order valence-electron chi connectivity index (χ3n) is 4.41. The molecule has 25 heavy (non-hydrogen) atoms. The van der Waals surface area contributed by atoms with Gasteiger partial charge in [-0.05, 0) is 49.6 Å². The average molecular weight is 354 g/mol. The van der Waals surface area contributed by atoms with Gasteiger partial charge in [0.05, 0.1) is 17.0 Å². The molecule has 1 aliphatic rings. The van der Waals surface area contributed by atoms with Gasteiger partial charge in [-0.3, -0.25) is 9.59 Å². The number of thioether (sulfide) groups is 1. The fourth-order valence-electron chi connectivity index (χ4n) is 2.76. The number of fused-ring (bicyclic) bond motifs is 1. The maximum absolute atomic E-state index is 12.6. The van der Waals surface area contributed by atoms with Gasteiger partial charge in [0.1, 0.15) is 0 Å². The molecule has 130 valence electrons. The van der Waals surface area contributed by atoms with Crippen LogP contribution in [0.4, 0.5) is 5.69 Å². The number of carbonyl (C=O) groups excluding carboxylic acids is 2. The molecular weight excluding hydrogens is 332 g/mol. The van der Waals surface area contributed by atoms with E-state index in [0.717, 1.165) is 16.9 Å². The van der Waals surface area contributed by atoms with Crippen LogP contribution in [-0.4, -0.2) is 17.1 Å². The largest absolute Gasteiger partial charge is 0.346 e. The van der Waals surface area contributed by atoms with E-state index in [1.807, 2.05) is 19.9 Å². The van der Waals surface area contributed by atoms with Crippen LogP contribution in [0.5, 0.6) is 0 Å². The summed E-state index contributed by atoms with van der Waals surface area (Å²) in [6.45, 7) is 5.96. The fourth-order valence-corrected chi connectivity index (χ4v) is 3.69. The van der Waals surface area contributed by atoms with E-state index in [0.29, 0.717) is 11.3 Å². The van der Waals surface area contributed by atoms with Crippen LogP contribution < -0.4 is 10.6 Å². The topological polar surface area (TPSA) is 58.2 Å². The maximum Gasteiger partial charge on any atom is 0.251 e. The van der Waals surface area contributed by atoms with Crippen LogP contribution in [-0.2, 0) is 11.2 Å². The number of carbonyl (C=O) groups is 2. The van der Waals surface area contributed by atoms with Gasteiger partial charge in [-0.15, -0.1) is 11.8 Å². The number of benzene rings is 2. The standard InChI is InChI=1S/C20H22N2O2S/c1-4-14-5-7-15(8-6-14)12(2)21-20(24)16-9-10-18-17(11-16)22-19(23)13(3)25-18/h5-13H,4H2,1-3H3,(H,21,24)(H,22,23). The van der Waals surface area contributed by atoms with E-state index in [9.17, 15) is 9.59 Å². The number of nitrogens with one attached hydrogen (secondary N) is 2. The minimum absolute atomic E-state index is 0.0283. The maximum atomic E-state index is 12.6. The number of hydrogen-bond acceptors (Lipinski definition) is 3. The Morgan fingerprint density at radius 2 is 1.96 bits per heavy atom. The van der Waals surface area contributed by atoms with Gasteiger partial charge in [-0.25, -0.2) is 0 Å². The lowest BCUT2D eigenvalue weighted by atomic mass is 10.0. The Kier molecular flexibility index (Phi) is 5.13. The minimum atomic E-state index is -0.146. The summed E-state index contributed by atoms with van der Waals surface area (Å²) in [5.74, 6) is -0.174. The molecule has 2 amide bonds. The van der Waals surface area contributed by atoms with Crippen molar-refractivity contribution in [2.24, 2.45) is 0 Å². The van der Waals surface area contributed by atoms with Gasteiger partial charge in [0.15, 0.2) is 0 Å². The average Bonchev–Trinajstić information content (AvgIpc) is 2.62. The third-order valence-corrected chi connectivity index (χ3v) is 5.59. The zero-order valence-electron chi connectivity index (χ0n) is 14.6. The number of anilines is 1. The molecule has 0 aliphatic carbocycles. The van der Waals surface area contributed by atoms with Crippen LogP contribution in [0.3, 0.4) is 0 Å². The molecule has 0 spiro atoms. The quantitative estimate of drug-likeness (QED) is 0.866. The van der Waals surface area contributed by atoms with Crippen LogP contribution in [0.2, 0.25) is 0 Å². The van der Waals surface area contributed by atoms with Gasteiger partial charge < -0.3 is 10.6 Å². The zero-order chi connectivity index (χ0) is 18.0. The van der Waals surface area contributed by atoms with Crippen molar-refractivity contribution in [3.63, 3.8) is 0 Å². The first-order valence-electron chi connectivity index (χ1n) is 8.49. The monoisotopic (exact) mass is 354 g/mol. The highest BCUT2D eigenvalue weighted by molar-refractivity contribution is 8.00. The molecule has 0 saturated carbocycles. The van der Waals surface area contributed by atoms with Crippen LogP contribution in [0.25, 0.3) is 0 Å². The zero-order valence-corrected chi connectivity index (χ0v) is 15.4. The third kappa shape index (κ3) is 3.87. The smallest absolute Gasteiger partial charge is 0.251 e. The molecular formula is C20H22N2O2S. The van der Waals surface area contributed by atoms with Crippen LogP contribution >= 0.6 is 11.8 Å². The van der Waals surface area contributed by atoms with E-state index >= 15 is 0 Å². The number of amides is 2. The van der Waals surface area contributed by atoms with Gasteiger partial charge in [0.25, 0.3) is 5.91 Å². The van der Waals surface area contributed by atoms with Crippen molar-refractivity contribution >= 4 is 29.3 Å². The number of rotatable bonds is 4. The van der Waals surface area contributed by atoms with Crippen molar-refractivity contribution in [1.29, 1.82) is 0 Å². The van der Waals surface area contributed by atoms with Gasteiger partial charge in [-0.2, -0.15) is 0 Å². The van der Waals surface area contributed by atoms with Crippen molar-refractivity contribution in [3.05, 3.63) is 59.2 Å². The molecule has 5 heteroatoms. The van der Waals surface area contributed by atoms with Crippen LogP contribution in [0, 0.1) is 0 Å². The summed E-state index contributed by atoms with van der Waals surface area (Å²) < 4.78 is 0. The first kappa shape index (κ1) is 17.5. The lowest BCUT2D eigenvalue weighted by Crippen LogP contribution is -2.28. The normalized spacial score (nSPS) is 17.4. The summed E-state index contributed by atoms with van der Waals surface area (Å²) in [6.07, 6.45) is 0.999. The number of hydrogen-bond donors (Lipinski definition) is 2. The summed E-state index contributed by atoms with van der Waals surface area (Å²) in [5.41, 5.74) is 3.60. The van der Waals surface area contributed by atoms with Gasteiger partial charge in [0.2, 0.25) is 5.91 Å². The second-order valence-corrected chi connectivity index (χ2v) is 7.63. The van der Waals surface area contributed by atoms with E-state index in [1.165, 1.54) is 17.3 Å². The highest BCUT2D eigenvalue weighted by Crippen LogP contribution is 2.36. The second kappa shape index (κ2) is 7.31. The fraction of sp³-hybridized carbons (Fsp3) is 0.300. The summed E-state index contributed by atoms with van der Waals surface area (Å²) in [6, 6.07) is 13.6. The predicted molar refractivity (Wildman–Crippen MR) is 102 cm³/mol. The molecule has 0 aromatic heterocycles. The molecule has 2 atom stereocenters. The Bertz CT molecular complexity index is 802. The van der Waals surface area contributed by atoms with E-state index < -0.39 is 0 Å². The first-order valence-corrected chi connectivity index (χ1v) is 9.37. The highest BCUT2D eigenvalue weighted by Gasteiger charge is 2.24. The van der Waals surface area contributed by atoms with Crippen molar-refractivity contribution in [2.45, 2.75) is 43.4 Å². The Morgan fingerprint density at radius 1 is 1.24 bits per heavy atom. The summed E-state index contributed by atoms with van der Waals surface area (Å²) in [4.78, 5) is 25.4. The van der Waals surface area contributed by atoms with E-state index in [2.05, 4.69) is 41.8 Å². The minimum Gasteiger partial charge on any atom is -0.346 e. The number of aryl methyl sites for hydroxylation is 1. The summed E-state index contributed by atoms with van der Waals surface area (Å²) in [7, 11) is 0. The molecule has 2 unspecified atom stereocenters. The van der Waals surface area contributed by atoms with Gasteiger partial charge in [-0.1, -0.05) is 31.2 Å². The lowest BCUT2D eigenvalue weighted by molar-refractivity contribution is -0.115. The molecule has 0 fully saturated rings. The molecule has 0 bridgehead atoms. The predicted octanol–water partition coefficient (Wildman–Crippen LogP) is 4.17. The first-order chi connectivity index (χ1) is 12.0. The van der Waals surface area contributed by atoms with E-state index in [4.69, 9.17) is 0 Å². The van der Waals surface area contributed by atoms with Crippen LogP contribution in [0.1, 0.15) is 48.3 Å². The molecule has 0 radical (unpaired) electrons. The Labute approximate surface area is 152 Å². The van der Waals surface area contributed by atoms with Gasteiger partial charge in [0, 0.05) is 10.5 Å². The molecule has 0 saturated heterocycles. The summed E-state index contributed by atoms with van der Waals surface area (Å²) >= 11 is 1.51. The van der Waals surface area contributed by atoms with Crippen molar-refractivity contribution in [3.8, 4) is 0 Å². The van der Waals surface area contributed by atoms with Crippen molar-refractivity contribution in [2.75, 3.05) is 5.32 Å². The van der Waals surface area contributed by atoms with E-state index in [-0.39, 0.29) is 23.1 Å². The molecule has 2 aromatic carbocycles. The Morgan fingerprint density at radius 3 is 2.64 bits per heavy atom. The molecule has 1 heterocycles. The SMILES string of the molecule is CCc1ccc(C(C)NC(=O)c2ccc3c(c2)NC(=O)C(C)S3)cc1. The Balaban J connectivity index is 1.72. The van der Waals surface area contributed by atoms with Crippen molar-refractivity contribution < 1.29 is 9.59 Å². The molecule has 2 aromatic rings. The molecule has 3 rings (SSSR count). The molecule has 4 nitrogen and oxygen atoms in total. The van der Waals surface area contributed by atoms with E-state index in [1.54, 1.807) is 12.1 Å². The van der Waals surface area contributed by atoms with Crippen LogP contribution in [0.15, 0.2) is 47.4 Å². The second-order valence-electron chi connectivity index (χ2n) is 6.25. The van der Waals surface area contributed by atoms with Gasteiger partial charge >= 0.3 is 0 Å². The molecule has 2 N–H and O–H groups in total. The Hall–Kier alpha value is -2.27. The summed E-state index contributed by atoms with van der Waals surface area (Å²) in [5, 5.41) is 5.77. The highest BCUT2D eigenvalue weighted by atomic mass is 32.2. The van der Waals surface area contributed by atoms with Crippen molar-refractivity contribution in [1.82, 2.24) is 5.32 Å². The molecule has 1 aliphatic heterocycles. The lowest BCUT2D eigenvalue weighted by Gasteiger charge is -2.22.